The van der Waals surface area contributed by atoms with Crippen molar-refractivity contribution in [3.05, 3.63) is 53.8 Å². The largest absolute Gasteiger partial charge is 0.370 e. The minimum absolute atomic E-state index is 0.000693. The van der Waals surface area contributed by atoms with Crippen molar-refractivity contribution < 1.29 is 18.8 Å². The predicted molar refractivity (Wildman–Crippen MR) is 124 cm³/mol. The number of carbonyl (C=O) groups excluding carboxylic acids is 3. The molecule has 33 heavy (non-hydrogen) atoms. The third-order valence-electron chi connectivity index (χ3n) is 7.01. The maximum Gasteiger partial charge on any atom is 0.257 e. The fourth-order valence-corrected chi connectivity index (χ4v) is 5.31. The summed E-state index contributed by atoms with van der Waals surface area (Å²) >= 11 is 0. The second-order valence-electron chi connectivity index (χ2n) is 9.05. The minimum Gasteiger partial charge on any atom is -0.370 e. The number of nitrogens with one attached hydrogen (secondary N) is 1. The Hall–Kier alpha value is -3.42. The first-order valence-electron chi connectivity index (χ1n) is 11.5. The van der Waals surface area contributed by atoms with Crippen LogP contribution in [0.5, 0.6) is 0 Å². The zero-order valence-corrected chi connectivity index (χ0v) is 18.6. The number of hydrogen-bond donors (Lipinski definition) is 1. The number of nitrogens with zero attached hydrogens (tertiary/aromatic N) is 3. The maximum absolute atomic E-state index is 14.6. The van der Waals surface area contributed by atoms with Crippen molar-refractivity contribution in [2.75, 3.05) is 34.8 Å². The van der Waals surface area contributed by atoms with E-state index in [0.29, 0.717) is 29.8 Å². The zero-order chi connectivity index (χ0) is 23.2. The first-order chi connectivity index (χ1) is 15.9. The molecule has 5 rings (SSSR count). The summed E-state index contributed by atoms with van der Waals surface area (Å²) in [6.07, 6.45) is 2.92. The highest BCUT2D eigenvalue weighted by Crippen LogP contribution is 2.44. The topological polar surface area (TPSA) is 73.0 Å². The van der Waals surface area contributed by atoms with Crippen LogP contribution in [0, 0.1) is 5.82 Å². The lowest BCUT2D eigenvalue weighted by molar-refractivity contribution is -0.117. The van der Waals surface area contributed by atoms with Crippen molar-refractivity contribution in [1.82, 2.24) is 4.90 Å². The van der Waals surface area contributed by atoms with Crippen LogP contribution in [-0.2, 0) is 9.59 Å². The van der Waals surface area contributed by atoms with E-state index in [0.717, 1.165) is 25.9 Å². The summed E-state index contributed by atoms with van der Waals surface area (Å²) in [7, 11) is 0. The molecule has 1 unspecified atom stereocenters. The molecule has 3 amide bonds. The summed E-state index contributed by atoms with van der Waals surface area (Å²) in [5.74, 6) is -1.08. The lowest BCUT2D eigenvalue weighted by Crippen LogP contribution is -2.62. The summed E-state index contributed by atoms with van der Waals surface area (Å²) in [4.78, 5) is 44.2. The van der Waals surface area contributed by atoms with Gasteiger partial charge >= 0.3 is 0 Å². The van der Waals surface area contributed by atoms with Crippen LogP contribution >= 0.6 is 0 Å². The van der Waals surface area contributed by atoms with Gasteiger partial charge in [0.1, 0.15) is 17.2 Å². The summed E-state index contributed by atoms with van der Waals surface area (Å²) in [5, 5.41) is 2.74. The fraction of sp³-hybridized carbons (Fsp3) is 0.400. The number of benzene rings is 2. The molecule has 3 aliphatic rings. The first-order valence-corrected chi connectivity index (χ1v) is 11.5. The summed E-state index contributed by atoms with van der Waals surface area (Å²) in [5.41, 5.74) is 1.12. The monoisotopic (exact) mass is 450 g/mol. The van der Waals surface area contributed by atoms with Gasteiger partial charge in [0.05, 0.1) is 16.9 Å². The van der Waals surface area contributed by atoms with Crippen molar-refractivity contribution in [2.24, 2.45) is 0 Å². The Bertz CT molecular complexity index is 1130. The van der Waals surface area contributed by atoms with Crippen molar-refractivity contribution >= 4 is 34.8 Å². The Kier molecular flexibility index (Phi) is 5.31. The highest BCUT2D eigenvalue weighted by Gasteiger charge is 2.52. The summed E-state index contributed by atoms with van der Waals surface area (Å²) in [6.45, 7) is 3.66. The van der Waals surface area contributed by atoms with Gasteiger partial charge in [0.2, 0.25) is 11.8 Å². The Morgan fingerprint density at radius 1 is 1.06 bits per heavy atom. The van der Waals surface area contributed by atoms with Gasteiger partial charge in [-0.25, -0.2) is 4.39 Å². The van der Waals surface area contributed by atoms with Crippen molar-refractivity contribution in [3.8, 4) is 0 Å². The lowest BCUT2D eigenvalue weighted by Gasteiger charge is -2.48. The van der Waals surface area contributed by atoms with Gasteiger partial charge in [0, 0.05) is 32.5 Å². The molecule has 2 aromatic carbocycles. The number of amides is 3. The molecule has 0 bridgehead atoms. The summed E-state index contributed by atoms with van der Waals surface area (Å²) in [6, 6.07) is 11.9. The molecule has 0 radical (unpaired) electrons. The number of halogens is 1. The van der Waals surface area contributed by atoms with Crippen molar-refractivity contribution in [2.45, 2.75) is 44.7 Å². The smallest absolute Gasteiger partial charge is 0.257 e. The number of rotatable bonds is 5. The van der Waals surface area contributed by atoms with E-state index in [1.165, 1.54) is 6.07 Å². The van der Waals surface area contributed by atoms with E-state index >= 15 is 0 Å². The van der Waals surface area contributed by atoms with Gasteiger partial charge in [-0.05, 0) is 50.5 Å². The Morgan fingerprint density at radius 2 is 1.79 bits per heavy atom. The molecule has 2 fully saturated rings. The second-order valence-corrected chi connectivity index (χ2v) is 9.05. The molecule has 1 N–H and O–H groups in total. The molecule has 1 atom stereocenters. The maximum atomic E-state index is 14.6. The van der Waals surface area contributed by atoms with Gasteiger partial charge in [0.15, 0.2) is 0 Å². The number of para-hydroxylation sites is 2. The number of hydrogen-bond acceptors (Lipinski definition) is 4. The Morgan fingerprint density at radius 3 is 2.58 bits per heavy atom. The lowest BCUT2D eigenvalue weighted by atomic mass is 9.98. The molecule has 8 heteroatoms. The molecule has 172 valence electrons. The zero-order valence-electron chi connectivity index (χ0n) is 18.6. The van der Waals surface area contributed by atoms with E-state index in [9.17, 15) is 18.8 Å². The standard InChI is InChI=1S/C25H27FN4O3/c1-25-13-11-22(32)30(25)19-9-3-2-7-17(19)24(33)29(25)16-12-21(31)27-23-18(26)8-6-10-20(23)28-14-4-5-15-28/h2-3,6-10H,4-5,11-16H2,1H3,(H,27,31). The second kappa shape index (κ2) is 8.17. The van der Waals surface area contributed by atoms with Gasteiger partial charge in [-0.3, -0.25) is 19.3 Å². The number of fused-ring (bicyclic) bond motifs is 3. The molecule has 3 aliphatic heterocycles. The van der Waals surface area contributed by atoms with Crippen molar-refractivity contribution in [1.29, 1.82) is 0 Å². The van der Waals surface area contributed by atoms with E-state index in [2.05, 4.69) is 10.2 Å². The highest BCUT2D eigenvalue weighted by atomic mass is 19.1. The number of anilines is 3. The third-order valence-corrected chi connectivity index (χ3v) is 7.01. The van der Waals surface area contributed by atoms with Crippen LogP contribution in [0.25, 0.3) is 0 Å². The molecular weight excluding hydrogens is 423 g/mol. The third kappa shape index (κ3) is 3.53. The Balaban J connectivity index is 1.35. The van der Waals surface area contributed by atoms with E-state index in [1.54, 1.807) is 34.1 Å². The van der Waals surface area contributed by atoms with Crippen LogP contribution in [0.1, 0.15) is 49.4 Å². The number of carbonyl (C=O) groups is 3. The Labute approximate surface area is 192 Å². The van der Waals surface area contributed by atoms with Crippen LogP contribution in [0.15, 0.2) is 42.5 Å². The molecule has 7 nitrogen and oxygen atoms in total. The van der Waals surface area contributed by atoms with E-state index in [1.807, 2.05) is 19.1 Å². The fourth-order valence-electron chi connectivity index (χ4n) is 5.31. The van der Waals surface area contributed by atoms with Crippen LogP contribution in [0.4, 0.5) is 21.5 Å². The molecule has 0 saturated carbocycles. The summed E-state index contributed by atoms with van der Waals surface area (Å²) < 4.78 is 14.6. The van der Waals surface area contributed by atoms with Crippen LogP contribution < -0.4 is 15.1 Å². The van der Waals surface area contributed by atoms with Crippen LogP contribution in [0.3, 0.4) is 0 Å². The van der Waals surface area contributed by atoms with Gasteiger partial charge in [-0.2, -0.15) is 0 Å². The molecule has 2 aromatic rings. The highest BCUT2D eigenvalue weighted by molar-refractivity contribution is 6.10. The average molecular weight is 451 g/mol. The molecule has 0 aliphatic carbocycles. The SMILES string of the molecule is CC12CCC(=O)N1c1ccccc1C(=O)N2CCC(=O)Nc1c(F)cccc1N1CCCC1. The minimum atomic E-state index is -0.818. The van der Waals surface area contributed by atoms with E-state index in [4.69, 9.17) is 0 Å². The predicted octanol–water partition coefficient (Wildman–Crippen LogP) is 3.75. The average Bonchev–Trinajstić information content (AvgIpc) is 3.44. The molecule has 3 heterocycles. The van der Waals surface area contributed by atoms with Gasteiger partial charge in [-0.1, -0.05) is 18.2 Å². The quantitative estimate of drug-likeness (QED) is 0.753. The molecule has 2 saturated heterocycles. The van der Waals surface area contributed by atoms with E-state index < -0.39 is 11.5 Å². The van der Waals surface area contributed by atoms with Gasteiger partial charge in [-0.15, -0.1) is 0 Å². The van der Waals surface area contributed by atoms with Crippen molar-refractivity contribution in [3.63, 3.8) is 0 Å². The molecule has 0 aromatic heterocycles. The van der Waals surface area contributed by atoms with Crippen LogP contribution in [-0.4, -0.2) is 47.9 Å². The first kappa shape index (κ1) is 21.4. The van der Waals surface area contributed by atoms with Crippen LogP contribution in [0.2, 0.25) is 0 Å². The normalized spacial score (nSPS) is 21.9. The van der Waals surface area contributed by atoms with Gasteiger partial charge < -0.3 is 15.1 Å². The molecule has 0 spiro atoms. The van der Waals surface area contributed by atoms with Gasteiger partial charge in [0.25, 0.3) is 5.91 Å². The molecular formula is C25H27FN4O3. The van der Waals surface area contributed by atoms with E-state index in [-0.39, 0.29) is 36.4 Å².